The molecule has 0 aliphatic rings. The summed E-state index contributed by atoms with van der Waals surface area (Å²) in [6, 6.07) is 3.71. The van der Waals surface area contributed by atoms with Crippen LogP contribution in [-0.4, -0.2) is 17.3 Å². The normalized spacial score (nSPS) is 11.8. The van der Waals surface area contributed by atoms with E-state index in [0.29, 0.717) is 23.8 Å². The lowest BCUT2D eigenvalue weighted by Gasteiger charge is -2.14. The average molecular weight is 407 g/mol. The van der Waals surface area contributed by atoms with Crippen LogP contribution in [0.3, 0.4) is 0 Å². The number of hydrogen-bond acceptors (Lipinski definition) is 3. The van der Waals surface area contributed by atoms with Crippen molar-refractivity contribution < 1.29 is 8.98 Å². The first-order valence-corrected chi connectivity index (χ1v) is 9.65. The Morgan fingerprint density at radius 2 is 2.00 bits per heavy atom. The molecule has 0 saturated heterocycles. The molecule has 2 aromatic rings. The van der Waals surface area contributed by atoms with Gasteiger partial charge in [-0.15, -0.1) is 0 Å². The monoisotopic (exact) mass is 405 g/mol. The van der Waals surface area contributed by atoms with Crippen LogP contribution in [0.4, 0.5) is 0 Å². The van der Waals surface area contributed by atoms with Crippen molar-refractivity contribution in [1.29, 1.82) is 0 Å². The molecule has 19 heavy (non-hydrogen) atoms. The first-order chi connectivity index (χ1) is 9.01. The highest BCUT2D eigenvalue weighted by molar-refractivity contribution is 9.11. The van der Waals surface area contributed by atoms with Crippen molar-refractivity contribution in [3.63, 3.8) is 0 Å². The molecule has 0 bridgehead atoms. The van der Waals surface area contributed by atoms with Crippen LogP contribution < -0.4 is 5.30 Å². The van der Waals surface area contributed by atoms with E-state index in [1.807, 2.05) is 19.9 Å². The maximum atomic E-state index is 12.9. The first kappa shape index (κ1) is 15.0. The molecule has 2 heterocycles. The van der Waals surface area contributed by atoms with Gasteiger partial charge in [-0.2, -0.15) is 0 Å². The van der Waals surface area contributed by atoms with Crippen molar-refractivity contribution in [2.45, 2.75) is 13.8 Å². The van der Waals surface area contributed by atoms with Gasteiger partial charge in [-0.1, -0.05) is 13.8 Å². The minimum atomic E-state index is -2.39. The lowest BCUT2D eigenvalue weighted by atomic mass is 10.3. The fourth-order valence-electron chi connectivity index (χ4n) is 1.95. The van der Waals surface area contributed by atoms with Gasteiger partial charge in [0.25, 0.3) is 0 Å². The smallest absolute Gasteiger partial charge is 0.164 e. The minimum absolute atomic E-state index is 0.603. The molecule has 2 rings (SSSR count). The summed E-state index contributed by atoms with van der Waals surface area (Å²) < 4.78 is 20.1. The highest BCUT2D eigenvalue weighted by Crippen LogP contribution is 2.47. The van der Waals surface area contributed by atoms with Gasteiger partial charge >= 0.3 is 0 Å². The summed E-state index contributed by atoms with van der Waals surface area (Å²) in [6.45, 7) is 3.90. The second-order valence-corrected chi connectivity index (χ2v) is 9.44. The third kappa shape index (κ3) is 2.88. The molecule has 0 radical (unpaired) electrons. The summed E-state index contributed by atoms with van der Waals surface area (Å²) in [5.41, 5.74) is 0.685. The van der Waals surface area contributed by atoms with E-state index in [1.54, 1.807) is 18.5 Å². The van der Waals surface area contributed by atoms with Gasteiger partial charge in [-0.05, 0) is 44.0 Å². The Morgan fingerprint density at radius 1 is 1.32 bits per heavy atom. The van der Waals surface area contributed by atoms with Crippen molar-refractivity contribution in [2.75, 3.05) is 12.3 Å². The van der Waals surface area contributed by atoms with Gasteiger partial charge in [0.2, 0.25) is 0 Å². The highest BCUT2D eigenvalue weighted by Gasteiger charge is 2.27. The molecule has 3 nitrogen and oxygen atoms in total. The van der Waals surface area contributed by atoms with Gasteiger partial charge in [0, 0.05) is 27.5 Å². The predicted octanol–water partition coefficient (Wildman–Crippen LogP) is 4.89. The Morgan fingerprint density at radius 3 is 2.58 bits per heavy atom. The van der Waals surface area contributed by atoms with E-state index in [4.69, 9.17) is 4.42 Å². The molecule has 0 saturated carbocycles. The molecule has 0 aliphatic heterocycles. The Kier molecular flexibility index (Phi) is 4.70. The number of halogens is 2. The molecule has 0 aromatic carbocycles. The molecule has 102 valence electrons. The van der Waals surface area contributed by atoms with Gasteiger partial charge in [-0.3, -0.25) is 4.98 Å². The van der Waals surface area contributed by atoms with Crippen molar-refractivity contribution in [3.05, 3.63) is 33.5 Å². The van der Waals surface area contributed by atoms with Crippen molar-refractivity contribution >= 4 is 44.3 Å². The summed E-state index contributed by atoms with van der Waals surface area (Å²) in [6.07, 6.45) is 4.54. The van der Waals surface area contributed by atoms with Gasteiger partial charge < -0.3 is 8.98 Å². The molecular formula is C13H14Br2NO2P. The molecule has 2 aromatic heterocycles. The topological polar surface area (TPSA) is 43.1 Å². The Balaban J connectivity index is 2.59. The van der Waals surface area contributed by atoms with Crippen molar-refractivity contribution in [2.24, 2.45) is 0 Å². The van der Waals surface area contributed by atoms with E-state index in [1.165, 1.54) is 0 Å². The zero-order valence-corrected chi connectivity index (χ0v) is 14.8. The summed E-state index contributed by atoms with van der Waals surface area (Å²) in [7, 11) is -2.39. The molecule has 0 N–H and O–H groups in total. The number of rotatable bonds is 4. The van der Waals surface area contributed by atoms with Gasteiger partial charge in [0.15, 0.2) is 5.76 Å². The van der Waals surface area contributed by atoms with Crippen LogP contribution in [0.2, 0.25) is 0 Å². The van der Waals surface area contributed by atoms with Gasteiger partial charge in [0.05, 0.1) is 11.6 Å². The summed E-state index contributed by atoms with van der Waals surface area (Å²) in [5.74, 6) is 0.603. The SMILES string of the molecule is CCP(=O)(CC)c1ccoc1-c1ncc(Br)cc1Br. The largest absolute Gasteiger partial charge is 0.462 e. The van der Waals surface area contributed by atoms with Crippen LogP contribution >= 0.6 is 39.0 Å². The lowest BCUT2D eigenvalue weighted by molar-refractivity contribution is 0.575. The van der Waals surface area contributed by atoms with E-state index in [9.17, 15) is 4.57 Å². The Bertz CT molecular complexity index is 631. The number of nitrogens with zero attached hydrogens (tertiary/aromatic N) is 1. The van der Waals surface area contributed by atoms with Gasteiger partial charge in [-0.25, -0.2) is 0 Å². The van der Waals surface area contributed by atoms with Gasteiger partial charge in [0.1, 0.15) is 12.8 Å². The fraction of sp³-hybridized carbons (Fsp3) is 0.308. The van der Waals surface area contributed by atoms with E-state index >= 15 is 0 Å². The second-order valence-electron chi connectivity index (χ2n) is 4.14. The minimum Gasteiger partial charge on any atom is -0.462 e. The van der Waals surface area contributed by atoms with Crippen LogP contribution in [0.25, 0.3) is 11.5 Å². The highest BCUT2D eigenvalue weighted by atomic mass is 79.9. The van der Waals surface area contributed by atoms with E-state index < -0.39 is 7.14 Å². The molecule has 0 unspecified atom stereocenters. The predicted molar refractivity (Wildman–Crippen MR) is 85.7 cm³/mol. The summed E-state index contributed by atoms with van der Waals surface area (Å²) >= 11 is 6.84. The van der Waals surface area contributed by atoms with E-state index in [2.05, 4.69) is 36.8 Å². The molecule has 0 spiro atoms. The maximum Gasteiger partial charge on any atom is 0.164 e. The Hall–Kier alpha value is -0.380. The van der Waals surface area contributed by atoms with Crippen LogP contribution in [0.1, 0.15) is 13.8 Å². The average Bonchev–Trinajstić information content (AvgIpc) is 2.87. The molecule has 0 fully saturated rings. The number of aromatic nitrogens is 1. The van der Waals surface area contributed by atoms with Crippen molar-refractivity contribution in [3.8, 4) is 11.5 Å². The molecular weight excluding hydrogens is 393 g/mol. The maximum absolute atomic E-state index is 12.9. The third-order valence-electron chi connectivity index (χ3n) is 3.13. The Labute approximate surface area is 129 Å². The first-order valence-electron chi connectivity index (χ1n) is 5.99. The number of pyridine rings is 1. The lowest BCUT2D eigenvalue weighted by Crippen LogP contribution is -2.09. The number of hydrogen-bond donors (Lipinski definition) is 0. The standard InChI is InChI=1S/C13H14Br2NO2P/c1-3-19(17,4-2)11-5-6-18-13(11)12-10(15)7-9(14)8-16-12/h5-8H,3-4H2,1-2H3. The zero-order chi connectivity index (χ0) is 14.0. The van der Waals surface area contributed by atoms with Crippen LogP contribution in [0.5, 0.6) is 0 Å². The summed E-state index contributed by atoms with van der Waals surface area (Å²) in [5, 5.41) is 0.785. The molecule has 0 aliphatic carbocycles. The molecule has 0 amide bonds. The number of furan rings is 1. The summed E-state index contributed by atoms with van der Waals surface area (Å²) in [4.78, 5) is 4.35. The van der Waals surface area contributed by atoms with Crippen LogP contribution in [0.15, 0.2) is 38.0 Å². The fourth-order valence-corrected chi connectivity index (χ4v) is 5.10. The van der Waals surface area contributed by atoms with Crippen molar-refractivity contribution in [1.82, 2.24) is 4.98 Å². The van der Waals surface area contributed by atoms with E-state index in [-0.39, 0.29) is 0 Å². The molecule has 0 atom stereocenters. The van der Waals surface area contributed by atoms with Crippen LogP contribution in [-0.2, 0) is 4.57 Å². The second kappa shape index (κ2) is 5.94. The third-order valence-corrected chi connectivity index (χ3v) is 7.44. The van der Waals surface area contributed by atoms with E-state index in [0.717, 1.165) is 14.2 Å². The van der Waals surface area contributed by atoms with Crippen LogP contribution in [0, 0.1) is 0 Å². The molecule has 6 heteroatoms. The zero-order valence-electron chi connectivity index (χ0n) is 10.7. The quantitative estimate of drug-likeness (QED) is 0.678.